The number of anilines is 1. The number of carbonyl (C=O) groups is 3. The summed E-state index contributed by atoms with van der Waals surface area (Å²) < 4.78 is 5.14. The van der Waals surface area contributed by atoms with Crippen LogP contribution in [-0.2, 0) is 16.1 Å². The van der Waals surface area contributed by atoms with Crippen LogP contribution in [0.5, 0.6) is 0 Å². The summed E-state index contributed by atoms with van der Waals surface area (Å²) in [5.74, 6) is -0.492. The van der Waals surface area contributed by atoms with E-state index in [1.165, 1.54) is 0 Å². The average Bonchev–Trinajstić information content (AvgIpc) is 3.19. The van der Waals surface area contributed by atoms with Crippen molar-refractivity contribution in [1.29, 1.82) is 0 Å². The van der Waals surface area contributed by atoms with Gasteiger partial charge in [0.25, 0.3) is 5.91 Å². The largest absolute Gasteiger partial charge is 0.444 e. The van der Waals surface area contributed by atoms with E-state index in [4.69, 9.17) is 4.74 Å². The average molecular weight is 438 g/mol. The number of nitrogens with one attached hydrogen (secondary N) is 4. The number of aromatic amines is 1. The van der Waals surface area contributed by atoms with Crippen molar-refractivity contribution in [1.82, 2.24) is 20.6 Å². The third kappa shape index (κ3) is 6.56. The number of ether oxygens (including phenoxy) is 1. The minimum atomic E-state index is -0.597. The van der Waals surface area contributed by atoms with E-state index in [2.05, 4.69) is 25.9 Å². The molecule has 2 aromatic carbocycles. The Balaban J connectivity index is 1.52. The second-order valence-corrected chi connectivity index (χ2v) is 8.20. The number of hydrogen-bond acceptors (Lipinski definition) is 5. The lowest BCUT2D eigenvalue weighted by Crippen LogP contribution is -2.34. The van der Waals surface area contributed by atoms with Gasteiger partial charge < -0.3 is 25.7 Å². The van der Waals surface area contributed by atoms with Crippen LogP contribution in [0.25, 0.3) is 11.0 Å². The number of carbonyl (C=O) groups excluding carboxylic acids is 3. The molecule has 1 heterocycles. The molecule has 4 N–H and O–H groups in total. The number of amides is 3. The van der Waals surface area contributed by atoms with Crippen molar-refractivity contribution >= 4 is 34.6 Å². The van der Waals surface area contributed by atoms with Crippen molar-refractivity contribution in [2.75, 3.05) is 11.9 Å². The van der Waals surface area contributed by atoms with Gasteiger partial charge in [0.2, 0.25) is 5.91 Å². The van der Waals surface area contributed by atoms with Gasteiger partial charge in [-0.15, -0.1) is 0 Å². The third-order valence-corrected chi connectivity index (χ3v) is 4.43. The number of fused-ring (bicyclic) bond motifs is 1. The summed E-state index contributed by atoms with van der Waals surface area (Å²) in [5, 5.41) is 8.24. The second kappa shape index (κ2) is 9.95. The molecule has 3 amide bonds. The van der Waals surface area contributed by atoms with E-state index in [0.29, 0.717) is 11.3 Å². The lowest BCUT2D eigenvalue weighted by molar-refractivity contribution is -0.116. The fraction of sp³-hybridized carbons (Fsp3) is 0.304. The summed E-state index contributed by atoms with van der Waals surface area (Å²) >= 11 is 0. The number of hydrogen-bond donors (Lipinski definition) is 4. The highest BCUT2D eigenvalue weighted by Crippen LogP contribution is 2.16. The van der Waals surface area contributed by atoms with Gasteiger partial charge in [0.1, 0.15) is 5.60 Å². The smallest absolute Gasteiger partial charge is 0.407 e. The van der Waals surface area contributed by atoms with Crippen LogP contribution in [0.3, 0.4) is 0 Å². The minimum Gasteiger partial charge on any atom is -0.444 e. The van der Waals surface area contributed by atoms with Gasteiger partial charge in [-0.1, -0.05) is 18.2 Å². The van der Waals surface area contributed by atoms with Crippen molar-refractivity contribution in [3.05, 3.63) is 59.9 Å². The number of alkyl carbamates (subject to hydrolysis) is 1. The molecular formula is C23H27N5O4. The number of rotatable bonds is 7. The van der Waals surface area contributed by atoms with Crippen LogP contribution in [0, 0.1) is 0 Å². The van der Waals surface area contributed by atoms with Crippen molar-refractivity contribution in [3.8, 4) is 0 Å². The molecule has 9 nitrogen and oxygen atoms in total. The van der Waals surface area contributed by atoms with Crippen LogP contribution in [-0.4, -0.2) is 40.0 Å². The fourth-order valence-electron chi connectivity index (χ4n) is 2.96. The lowest BCUT2D eigenvalue weighted by Gasteiger charge is -2.19. The predicted octanol–water partition coefficient (Wildman–Crippen LogP) is 3.35. The molecule has 0 aliphatic heterocycles. The molecule has 168 valence electrons. The van der Waals surface area contributed by atoms with Crippen LogP contribution >= 0.6 is 0 Å². The van der Waals surface area contributed by atoms with Crippen LogP contribution in [0.4, 0.5) is 10.5 Å². The van der Waals surface area contributed by atoms with Gasteiger partial charge in [0.05, 0.1) is 17.4 Å². The number of benzene rings is 2. The maximum atomic E-state index is 12.5. The monoisotopic (exact) mass is 437 g/mol. The molecule has 9 heteroatoms. The Hall–Kier alpha value is -3.88. The number of aromatic nitrogens is 2. The molecule has 0 aliphatic carbocycles. The second-order valence-electron chi connectivity index (χ2n) is 8.20. The molecule has 0 atom stereocenters. The zero-order valence-corrected chi connectivity index (χ0v) is 18.3. The van der Waals surface area contributed by atoms with E-state index < -0.39 is 11.7 Å². The molecule has 0 aliphatic rings. The van der Waals surface area contributed by atoms with Gasteiger partial charge in [-0.3, -0.25) is 9.59 Å². The Kier molecular flexibility index (Phi) is 7.09. The molecule has 1 aromatic heterocycles. The summed E-state index contributed by atoms with van der Waals surface area (Å²) in [4.78, 5) is 43.6. The van der Waals surface area contributed by atoms with Crippen molar-refractivity contribution in [2.45, 2.75) is 39.3 Å². The van der Waals surface area contributed by atoms with Gasteiger partial charge in [0, 0.05) is 30.8 Å². The molecular weight excluding hydrogens is 410 g/mol. The topological polar surface area (TPSA) is 125 Å². The van der Waals surface area contributed by atoms with E-state index in [-0.39, 0.29) is 31.3 Å². The predicted molar refractivity (Wildman–Crippen MR) is 121 cm³/mol. The highest BCUT2D eigenvalue weighted by molar-refractivity contribution is 5.97. The highest BCUT2D eigenvalue weighted by atomic mass is 16.6. The van der Waals surface area contributed by atoms with E-state index in [1.807, 2.05) is 12.1 Å². The molecule has 0 unspecified atom stereocenters. The van der Waals surface area contributed by atoms with Gasteiger partial charge in [-0.2, -0.15) is 0 Å². The zero-order valence-electron chi connectivity index (χ0n) is 18.3. The van der Waals surface area contributed by atoms with Gasteiger partial charge >= 0.3 is 6.09 Å². The Labute approximate surface area is 185 Å². The van der Waals surface area contributed by atoms with Gasteiger partial charge in [0.15, 0.2) is 0 Å². The van der Waals surface area contributed by atoms with E-state index in [0.717, 1.165) is 16.6 Å². The first kappa shape index (κ1) is 22.8. The normalized spacial score (nSPS) is 11.1. The molecule has 0 fully saturated rings. The first-order valence-corrected chi connectivity index (χ1v) is 10.3. The standard InChI is InChI=1S/C23H27N5O4/c1-23(2,3)32-22(31)24-11-10-20(29)28-17-7-5-4-6-16(17)13-25-21(30)15-8-9-18-19(12-15)27-14-26-18/h4-9,12,14H,10-11,13H2,1-3H3,(H,24,31)(H,25,30)(H,26,27)(H,28,29). The van der Waals surface area contributed by atoms with Crippen LogP contribution < -0.4 is 16.0 Å². The maximum Gasteiger partial charge on any atom is 0.407 e. The van der Waals surface area contributed by atoms with Crippen molar-refractivity contribution < 1.29 is 19.1 Å². The van der Waals surface area contributed by atoms with Crippen LogP contribution in [0.15, 0.2) is 48.8 Å². The Morgan fingerprint density at radius 2 is 1.84 bits per heavy atom. The zero-order chi connectivity index (χ0) is 23.1. The number of imidazole rings is 1. The molecule has 0 saturated carbocycles. The number of nitrogens with zero attached hydrogens (tertiary/aromatic N) is 1. The highest BCUT2D eigenvalue weighted by Gasteiger charge is 2.16. The summed E-state index contributed by atoms with van der Waals surface area (Å²) in [5.41, 5.74) is 2.84. The third-order valence-electron chi connectivity index (χ3n) is 4.43. The van der Waals surface area contributed by atoms with E-state index in [1.54, 1.807) is 57.4 Å². The SMILES string of the molecule is CC(C)(C)OC(=O)NCCC(=O)Nc1ccccc1CNC(=O)c1ccc2nc[nH]c2c1. The van der Waals surface area contributed by atoms with E-state index in [9.17, 15) is 14.4 Å². The molecule has 3 rings (SSSR count). The summed E-state index contributed by atoms with van der Waals surface area (Å²) in [7, 11) is 0. The molecule has 32 heavy (non-hydrogen) atoms. The Morgan fingerprint density at radius 3 is 2.62 bits per heavy atom. The van der Waals surface area contributed by atoms with Crippen LogP contribution in [0.2, 0.25) is 0 Å². The molecule has 0 saturated heterocycles. The summed E-state index contributed by atoms with van der Waals surface area (Å²) in [6, 6.07) is 12.4. The minimum absolute atomic E-state index is 0.0874. The maximum absolute atomic E-state index is 12.5. The molecule has 0 bridgehead atoms. The molecule has 0 radical (unpaired) electrons. The quantitative estimate of drug-likeness (QED) is 0.451. The Morgan fingerprint density at radius 1 is 1.06 bits per heavy atom. The number of para-hydroxylation sites is 1. The van der Waals surface area contributed by atoms with Gasteiger partial charge in [-0.25, -0.2) is 9.78 Å². The first-order chi connectivity index (χ1) is 15.2. The molecule has 0 spiro atoms. The van der Waals surface area contributed by atoms with E-state index >= 15 is 0 Å². The molecule has 3 aromatic rings. The summed E-state index contributed by atoms with van der Waals surface area (Å²) in [6.45, 7) is 5.70. The van der Waals surface area contributed by atoms with Gasteiger partial charge in [-0.05, 0) is 50.6 Å². The number of H-pyrrole nitrogens is 1. The summed E-state index contributed by atoms with van der Waals surface area (Å²) in [6.07, 6.45) is 1.10. The fourth-order valence-corrected chi connectivity index (χ4v) is 2.96. The van der Waals surface area contributed by atoms with Crippen LogP contribution in [0.1, 0.15) is 43.1 Å². The van der Waals surface area contributed by atoms with Crippen molar-refractivity contribution in [2.24, 2.45) is 0 Å². The first-order valence-electron chi connectivity index (χ1n) is 10.3. The van der Waals surface area contributed by atoms with Crippen molar-refractivity contribution in [3.63, 3.8) is 0 Å². The lowest BCUT2D eigenvalue weighted by atomic mass is 10.1. The Bertz CT molecular complexity index is 1120.